The van der Waals surface area contributed by atoms with Gasteiger partial charge in [-0.1, -0.05) is 19.1 Å². The molecule has 27 heavy (non-hydrogen) atoms. The van der Waals surface area contributed by atoms with Gasteiger partial charge in [0.1, 0.15) is 0 Å². The van der Waals surface area contributed by atoms with Gasteiger partial charge in [-0.25, -0.2) is 17.9 Å². The molecule has 8 heteroatoms. The number of anilines is 1. The number of urea groups is 1. The molecule has 0 spiro atoms. The van der Waals surface area contributed by atoms with Crippen molar-refractivity contribution in [1.82, 2.24) is 9.62 Å². The zero-order chi connectivity index (χ0) is 19.9. The third-order valence-corrected chi connectivity index (χ3v) is 6.30. The van der Waals surface area contributed by atoms with Gasteiger partial charge in [0, 0.05) is 31.9 Å². The molecule has 2 atom stereocenters. The lowest BCUT2D eigenvalue weighted by atomic mass is 10.2. The summed E-state index contributed by atoms with van der Waals surface area (Å²) in [5.41, 5.74) is 1.24. The molecule has 0 aliphatic carbocycles. The Balaban J connectivity index is 1.97. The van der Waals surface area contributed by atoms with Crippen molar-refractivity contribution in [3.8, 4) is 0 Å². The molecule has 0 bridgehead atoms. The minimum absolute atomic E-state index is 0.100. The molecule has 2 N–H and O–H groups in total. The smallest absolute Gasteiger partial charge is 0.321 e. The molecular formula is C19H31N3O4S. The fraction of sp³-hybridized carbons (Fsp3) is 0.632. The van der Waals surface area contributed by atoms with Crippen molar-refractivity contribution in [1.29, 1.82) is 0 Å². The van der Waals surface area contributed by atoms with Gasteiger partial charge in [-0.05, 0) is 50.3 Å². The maximum absolute atomic E-state index is 12.5. The molecule has 7 nitrogen and oxygen atoms in total. The van der Waals surface area contributed by atoms with E-state index in [1.165, 1.54) is 0 Å². The van der Waals surface area contributed by atoms with E-state index < -0.39 is 10.0 Å². The van der Waals surface area contributed by atoms with E-state index in [4.69, 9.17) is 4.74 Å². The van der Waals surface area contributed by atoms with Gasteiger partial charge in [-0.2, -0.15) is 0 Å². The highest BCUT2D eigenvalue weighted by molar-refractivity contribution is 7.88. The van der Waals surface area contributed by atoms with Gasteiger partial charge >= 0.3 is 6.03 Å². The number of carbonyl (C=O) groups excluding carboxylic acids is 1. The molecule has 2 amide bonds. The number of hydrogen-bond acceptors (Lipinski definition) is 4. The predicted molar refractivity (Wildman–Crippen MR) is 107 cm³/mol. The van der Waals surface area contributed by atoms with Crippen molar-refractivity contribution in [2.75, 3.05) is 25.5 Å². The first kappa shape index (κ1) is 21.7. The van der Waals surface area contributed by atoms with Crippen molar-refractivity contribution in [2.24, 2.45) is 0 Å². The van der Waals surface area contributed by atoms with Gasteiger partial charge in [0.25, 0.3) is 0 Å². The summed E-state index contributed by atoms with van der Waals surface area (Å²) in [7, 11) is -1.71. The molecule has 152 valence electrons. The van der Waals surface area contributed by atoms with Gasteiger partial charge < -0.3 is 15.0 Å². The van der Waals surface area contributed by atoms with Crippen LogP contribution in [0, 0.1) is 0 Å². The average molecular weight is 398 g/mol. The number of methoxy groups -OCH3 is 1. The fourth-order valence-corrected chi connectivity index (χ4v) is 4.58. The maximum Gasteiger partial charge on any atom is 0.321 e. The molecule has 0 saturated carbocycles. The average Bonchev–Trinajstić information content (AvgIpc) is 2.86. The molecule has 1 aromatic rings. The number of rotatable bonds is 7. The van der Waals surface area contributed by atoms with Crippen LogP contribution in [0.3, 0.4) is 0 Å². The highest BCUT2D eigenvalue weighted by Gasteiger charge is 2.21. The number of likely N-dealkylation sites (tertiary alicyclic amines) is 1. The molecule has 0 aromatic heterocycles. The molecular weight excluding hydrogens is 366 g/mol. The number of hydrogen-bond donors (Lipinski definition) is 2. The Morgan fingerprint density at radius 3 is 2.81 bits per heavy atom. The van der Waals surface area contributed by atoms with Crippen LogP contribution in [0.25, 0.3) is 0 Å². The summed E-state index contributed by atoms with van der Waals surface area (Å²) in [5, 5.41) is 2.88. The summed E-state index contributed by atoms with van der Waals surface area (Å²) in [4.78, 5) is 14.3. The zero-order valence-corrected chi connectivity index (χ0v) is 17.2. The van der Waals surface area contributed by atoms with Gasteiger partial charge in [0.2, 0.25) is 10.0 Å². The molecule has 1 aromatic carbocycles. The van der Waals surface area contributed by atoms with Crippen molar-refractivity contribution >= 4 is 21.7 Å². The van der Waals surface area contributed by atoms with Crippen LogP contribution in [-0.4, -0.2) is 51.7 Å². The van der Waals surface area contributed by atoms with Crippen LogP contribution in [0.4, 0.5) is 10.5 Å². The van der Waals surface area contributed by atoms with E-state index >= 15 is 0 Å². The first-order valence-corrected chi connectivity index (χ1v) is 11.2. The Bertz CT molecular complexity index is 723. The van der Waals surface area contributed by atoms with E-state index in [9.17, 15) is 13.2 Å². The minimum Gasteiger partial charge on any atom is -0.381 e. The topological polar surface area (TPSA) is 87.7 Å². The molecule has 1 fully saturated rings. The Kier molecular flexibility index (Phi) is 8.07. The second kappa shape index (κ2) is 10.1. The molecule has 1 heterocycles. The summed E-state index contributed by atoms with van der Waals surface area (Å²) < 4.78 is 32.5. The number of sulfonamides is 1. The van der Waals surface area contributed by atoms with Crippen molar-refractivity contribution in [3.05, 3.63) is 29.8 Å². The molecule has 0 radical (unpaired) electrons. The Labute approximate surface area is 162 Å². The zero-order valence-electron chi connectivity index (χ0n) is 16.4. The first-order valence-electron chi connectivity index (χ1n) is 9.50. The molecule has 2 unspecified atom stereocenters. The number of nitrogens with zero attached hydrogens (tertiary/aromatic N) is 1. The highest BCUT2D eigenvalue weighted by atomic mass is 32.2. The van der Waals surface area contributed by atoms with E-state index in [-0.39, 0.29) is 23.9 Å². The quantitative estimate of drug-likeness (QED) is 0.740. The van der Waals surface area contributed by atoms with Crippen LogP contribution in [0.1, 0.15) is 45.1 Å². The van der Waals surface area contributed by atoms with Gasteiger partial charge in [-0.15, -0.1) is 0 Å². The van der Waals surface area contributed by atoms with Crippen molar-refractivity contribution in [3.63, 3.8) is 0 Å². The summed E-state index contributed by atoms with van der Waals surface area (Å²) >= 11 is 0. The summed E-state index contributed by atoms with van der Waals surface area (Å²) in [6.45, 7) is 5.11. The van der Waals surface area contributed by atoms with Crippen LogP contribution in [0.15, 0.2) is 24.3 Å². The van der Waals surface area contributed by atoms with Gasteiger partial charge in [0.05, 0.1) is 11.9 Å². The minimum atomic E-state index is -3.41. The predicted octanol–water partition coefficient (Wildman–Crippen LogP) is 2.94. The summed E-state index contributed by atoms with van der Waals surface area (Å²) in [6, 6.07) is 6.73. The van der Waals surface area contributed by atoms with Crippen LogP contribution in [-0.2, 0) is 20.5 Å². The number of carbonyl (C=O) groups is 1. The Hall–Kier alpha value is -1.64. The number of amides is 2. The number of benzene rings is 1. The molecule has 1 saturated heterocycles. The van der Waals surface area contributed by atoms with E-state index in [0.717, 1.165) is 25.7 Å². The lowest BCUT2D eigenvalue weighted by molar-refractivity contribution is 0.0908. The van der Waals surface area contributed by atoms with Crippen LogP contribution in [0.2, 0.25) is 0 Å². The fourth-order valence-electron chi connectivity index (χ4n) is 3.10. The molecule has 2 rings (SSSR count). The first-order chi connectivity index (χ1) is 12.8. The number of nitrogens with one attached hydrogen (secondary N) is 2. The van der Waals surface area contributed by atoms with Gasteiger partial charge in [-0.3, -0.25) is 0 Å². The Morgan fingerprint density at radius 2 is 2.11 bits per heavy atom. The van der Waals surface area contributed by atoms with E-state index in [2.05, 4.69) is 10.0 Å². The monoisotopic (exact) mass is 397 g/mol. The SMILES string of the molecule is CCC(C)NS(=O)(=O)Cc1cccc(NC(=O)N2CCCC(OC)CC2)c1. The van der Waals surface area contributed by atoms with Crippen molar-refractivity contribution in [2.45, 2.75) is 57.4 Å². The third kappa shape index (κ3) is 7.12. The second-order valence-corrected chi connectivity index (χ2v) is 8.85. The largest absolute Gasteiger partial charge is 0.381 e. The molecule has 1 aliphatic rings. The second-order valence-electron chi connectivity index (χ2n) is 7.09. The van der Waals surface area contributed by atoms with E-state index in [0.29, 0.717) is 24.3 Å². The van der Waals surface area contributed by atoms with Crippen LogP contribution < -0.4 is 10.0 Å². The standard InChI is InChI=1S/C19H31N3O4S/c1-4-15(2)21-27(24,25)14-16-7-5-8-17(13-16)20-19(23)22-11-6-9-18(26-3)10-12-22/h5,7-8,13,15,18,21H,4,6,9-12,14H2,1-3H3,(H,20,23). The van der Waals surface area contributed by atoms with E-state index in [1.54, 1.807) is 36.3 Å². The maximum atomic E-state index is 12.5. The summed E-state index contributed by atoms with van der Waals surface area (Å²) in [5.74, 6) is -0.111. The highest BCUT2D eigenvalue weighted by Crippen LogP contribution is 2.17. The third-order valence-electron chi connectivity index (χ3n) is 4.82. The number of ether oxygens (including phenoxy) is 1. The molecule has 1 aliphatic heterocycles. The van der Waals surface area contributed by atoms with Crippen LogP contribution in [0.5, 0.6) is 0 Å². The van der Waals surface area contributed by atoms with E-state index in [1.807, 2.05) is 13.8 Å². The lowest BCUT2D eigenvalue weighted by Gasteiger charge is -2.21. The van der Waals surface area contributed by atoms with Gasteiger partial charge in [0.15, 0.2) is 0 Å². The lowest BCUT2D eigenvalue weighted by Crippen LogP contribution is -2.36. The summed E-state index contributed by atoms with van der Waals surface area (Å²) in [6.07, 6.45) is 3.62. The van der Waals surface area contributed by atoms with Crippen molar-refractivity contribution < 1.29 is 17.9 Å². The normalized spacial score (nSPS) is 19.4. The Morgan fingerprint density at radius 1 is 1.33 bits per heavy atom. The van der Waals surface area contributed by atoms with Crippen LogP contribution >= 0.6 is 0 Å².